The first-order chi connectivity index (χ1) is 15.1. The van der Waals surface area contributed by atoms with E-state index in [1.54, 1.807) is 69.3 Å². The quantitative estimate of drug-likeness (QED) is 0.315. The van der Waals surface area contributed by atoms with Crippen molar-refractivity contribution in [3.05, 3.63) is 59.7 Å². The first-order valence-corrected chi connectivity index (χ1v) is 11.9. The first-order valence-electron chi connectivity index (χ1n) is 10.0. The van der Waals surface area contributed by atoms with Crippen molar-refractivity contribution in [1.82, 2.24) is 0 Å². The summed E-state index contributed by atoms with van der Waals surface area (Å²) in [6, 6.07) is 13.0. The van der Waals surface area contributed by atoms with Gasteiger partial charge in [-0.3, -0.25) is 13.8 Å². The molecule has 2 atom stereocenters. The minimum Gasteiger partial charge on any atom is -0.481 e. The van der Waals surface area contributed by atoms with Crippen LogP contribution in [0.3, 0.4) is 0 Å². The highest BCUT2D eigenvalue weighted by Gasteiger charge is 2.45. The molecular weight excluding hydrogens is 450 g/mol. The largest absolute Gasteiger partial charge is 0.481 e. The highest BCUT2D eigenvalue weighted by Crippen LogP contribution is 2.32. The number of carbonyl (C=O) groups excluding carboxylic acids is 1. The summed E-state index contributed by atoms with van der Waals surface area (Å²) >= 11 is 0. The highest BCUT2D eigenvalue weighted by molar-refractivity contribution is 7.85. The molecule has 2 rings (SSSR count). The Morgan fingerprint density at radius 1 is 0.970 bits per heavy atom. The highest BCUT2D eigenvalue weighted by atomic mass is 32.2. The fourth-order valence-corrected chi connectivity index (χ4v) is 3.33. The monoisotopic (exact) mass is 479 g/mol. The molecule has 180 valence electrons. The van der Waals surface area contributed by atoms with Gasteiger partial charge in [0, 0.05) is 0 Å². The van der Waals surface area contributed by atoms with Gasteiger partial charge in [-0.25, -0.2) is 0 Å². The minimum absolute atomic E-state index is 0.0781. The Balaban J connectivity index is 2.14. The second-order valence-electron chi connectivity index (χ2n) is 8.82. The van der Waals surface area contributed by atoms with Gasteiger partial charge in [0.05, 0.1) is 18.4 Å². The van der Waals surface area contributed by atoms with Gasteiger partial charge in [-0.2, -0.15) is 8.42 Å². The number of hydrogen-bond acceptors (Lipinski definition) is 8. The summed E-state index contributed by atoms with van der Waals surface area (Å²) in [4.78, 5) is 24.3. The molecule has 0 bridgehead atoms. The lowest BCUT2D eigenvalue weighted by Gasteiger charge is -2.32. The predicted octanol–water partition coefficient (Wildman–Crippen LogP) is 3.17. The number of aliphatic carboxylic acids is 1. The lowest BCUT2D eigenvalue weighted by atomic mass is 9.80. The van der Waals surface area contributed by atoms with Crippen molar-refractivity contribution < 1.29 is 36.8 Å². The van der Waals surface area contributed by atoms with Gasteiger partial charge in [0.2, 0.25) is 0 Å². The fourth-order valence-electron chi connectivity index (χ4n) is 2.98. The predicted molar refractivity (Wildman–Crippen MR) is 121 cm³/mol. The molecule has 33 heavy (non-hydrogen) atoms. The number of carbonyl (C=O) groups is 2. The Labute approximate surface area is 193 Å². The molecule has 0 aliphatic rings. The summed E-state index contributed by atoms with van der Waals surface area (Å²) in [5, 5.41) is 9.64. The van der Waals surface area contributed by atoms with E-state index < -0.39 is 39.1 Å². The average Bonchev–Trinajstić information content (AvgIpc) is 2.65. The first kappa shape index (κ1) is 26.3. The Hall–Kier alpha value is -2.95. The second kappa shape index (κ2) is 9.90. The lowest BCUT2D eigenvalue weighted by molar-refractivity contribution is -0.170. The van der Waals surface area contributed by atoms with Gasteiger partial charge in [0.15, 0.2) is 5.92 Å². The zero-order valence-corrected chi connectivity index (χ0v) is 20.0. The van der Waals surface area contributed by atoms with Gasteiger partial charge in [0.1, 0.15) is 17.1 Å². The van der Waals surface area contributed by atoms with E-state index >= 15 is 0 Å². The molecule has 2 aromatic carbocycles. The van der Waals surface area contributed by atoms with E-state index in [9.17, 15) is 23.1 Å². The topological polar surface area (TPSA) is 142 Å². The summed E-state index contributed by atoms with van der Waals surface area (Å²) in [5.41, 5.74) is 4.99. The van der Waals surface area contributed by atoms with E-state index in [2.05, 4.69) is 0 Å². The van der Waals surface area contributed by atoms with Crippen LogP contribution in [0, 0.1) is 5.92 Å². The smallest absolute Gasteiger partial charge is 0.323 e. The zero-order valence-electron chi connectivity index (χ0n) is 19.2. The number of nitrogens with two attached hydrogens (primary N) is 1. The second-order valence-corrected chi connectivity index (χ2v) is 10.5. The molecule has 2 unspecified atom stereocenters. The molecule has 0 heterocycles. The van der Waals surface area contributed by atoms with Crippen molar-refractivity contribution in [2.45, 2.75) is 45.4 Å². The van der Waals surface area contributed by atoms with Gasteiger partial charge in [-0.05, 0) is 63.1 Å². The number of carboxylic acids is 1. The van der Waals surface area contributed by atoms with Crippen LogP contribution < -0.4 is 10.5 Å². The fraction of sp³-hybridized carbons (Fsp3) is 0.391. The maximum absolute atomic E-state index is 12.5. The average molecular weight is 480 g/mol. The van der Waals surface area contributed by atoms with Crippen LogP contribution in [0.5, 0.6) is 11.5 Å². The van der Waals surface area contributed by atoms with Crippen LogP contribution >= 0.6 is 0 Å². The molecule has 2 aromatic rings. The van der Waals surface area contributed by atoms with Crippen molar-refractivity contribution in [2.75, 3.05) is 6.26 Å². The van der Waals surface area contributed by atoms with Crippen LogP contribution in [0.2, 0.25) is 0 Å². The number of benzene rings is 2. The van der Waals surface area contributed by atoms with Crippen LogP contribution in [0.15, 0.2) is 48.5 Å². The molecule has 3 N–H and O–H groups in total. The third-order valence-electron chi connectivity index (χ3n) is 4.56. The van der Waals surface area contributed by atoms with Crippen molar-refractivity contribution in [3.63, 3.8) is 0 Å². The standard InChI is InChI=1S/C23H29NO8S/c1-22(2,3)32-21(27)19(20(25)26)23(4,24)16-8-12-18(13-9-16)31-17-10-6-15(7-11-17)14-30-33(5,28)29/h6-13,19H,14,24H2,1-5H3,(H,25,26). The van der Waals surface area contributed by atoms with Gasteiger partial charge in [-0.1, -0.05) is 24.3 Å². The maximum Gasteiger partial charge on any atom is 0.323 e. The van der Waals surface area contributed by atoms with Crippen LogP contribution in [0.1, 0.15) is 38.8 Å². The third-order valence-corrected chi connectivity index (χ3v) is 5.11. The molecule has 10 heteroatoms. The van der Waals surface area contributed by atoms with E-state index in [0.29, 0.717) is 22.6 Å². The van der Waals surface area contributed by atoms with E-state index in [4.69, 9.17) is 19.4 Å². The number of ether oxygens (including phenoxy) is 2. The Kier molecular flexibility index (Phi) is 7.89. The molecule has 0 saturated heterocycles. The minimum atomic E-state index is -3.53. The van der Waals surface area contributed by atoms with E-state index in [0.717, 1.165) is 6.26 Å². The molecule has 0 spiro atoms. The van der Waals surface area contributed by atoms with E-state index in [1.807, 2.05) is 0 Å². The molecule has 0 amide bonds. The summed E-state index contributed by atoms with van der Waals surface area (Å²) in [6.07, 6.45) is 0.979. The Morgan fingerprint density at radius 2 is 1.45 bits per heavy atom. The zero-order chi connectivity index (χ0) is 25.0. The van der Waals surface area contributed by atoms with E-state index in [1.165, 1.54) is 6.92 Å². The van der Waals surface area contributed by atoms with Gasteiger partial charge < -0.3 is 20.3 Å². The molecular formula is C23H29NO8S. The van der Waals surface area contributed by atoms with Crippen molar-refractivity contribution in [1.29, 1.82) is 0 Å². The van der Waals surface area contributed by atoms with Crippen molar-refractivity contribution in [2.24, 2.45) is 11.7 Å². The summed E-state index contributed by atoms with van der Waals surface area (Å²) < 4.78 is 37.9. The molecule has 0 saturated carbocycles. The molecule has 9 nitrogen and oxygen atoms in total. The van der Waals surface area contributed by atoms with Crippen molar-refractivity contribution in [3.8, 4) is 11.5 Å². The van der Waals surface area contributed by atoms with Crippen molar-refractivity contribution >= 4 is 22.1 Å². The Morgan fingerprint density at radius 3 is 1.88 bits per heavy atom. The van der Waals surface area contributed by atoms with Gasteiger partial charge in [-0.15, -0.1) is 0 Å². The van der Waals surface area contributed by atoms with E-state index in [-0.39, 0.29) is 6.61 Å². The normalized spacial score (nSPS) is 14.7. The number of esters is 1. The van der Waals surface area contributed by atoms with Crippen LogP contribution in [-0.2, 0) is 40.8 Å². The van der Waals surface area contributed by atoms with Crippen LogP contribution in [-0.4, -0.2) is 37.3 Å². The SMILES string of the molecule is CC(C)(C)OC(=O)C(C(=O)O)C(C)(N)c1ccc(Oc2ccc(COS(C)(=O)=O)cc2)cc1. The molecule has 0 aromatic heterocycles. The summed E-state index contributed by atoms with van der Waals surface area (Å²) in [5.74, 6) is -2.95. The summed E-state index contributed by atoms with van der Waals surface area (Å²) in [6.45, 7) is 6.33. The number of hydrogen-bond donors (Lipinski definition) is 2. The summed E-state index contributed by atoms with van der Waals surface area (Å²) in [7, 11) is -3.53. The third kappa shape index (κ3) is 7.85. The number of rotatable bonds is 9. The van der Waals surface area contributed by atoms with Crippen LogP contribution in [0.4, 0.5) is 0 Å². The Bertz CT molecular complexity index is 1080. The maximum atomic E-state index is 12.5. The lowest BCUT2D eigenvalue weighted by Crippen LogP contribution is -2.50. The molecule has 0 aliphatic heterocycles. The number of carboxylic acid groups (broad SMARTS) is 1. The molecule has 0 radical (unpaired) electrons. The molecule has 0 fully saturated rings. The molecule has 0 aliphatic carbocycles. The van der Waals surface area contributed by atoms with Gasteiger partial charge in [0.25, 0.3) is 10.1 Å². The van der Waals surface area contributed by atoms with Gasteiger partial charge >= 0.3 is 11.9 Å². The van der Waals surface area contributed by atoms with Crippen LogP contribution in [0.25, 0.3) is 0 Å².